The lowest BCUT2D eigenvalue weighted by Crippen LogP contribution is -2.51. The highest BCUT2D eigenvalue weighted by atomic mass is 35.5. The summed E-state index contributed by atoms with van der Waals surface area (Å²) in [7, 11) is 0. The lowest BCUT2D eigenvalue weighted by molar-refractivity contribution is -0.126. The first-order chi connectivity index (χ1) is 8.48. The molecule has 0 radical (unpaired) electrons. The quantitative estimate of drug-likeness (QED) is 0.743. The van der Waals surface area contributed by atoms with Gasteiger partial charge in [0.2, 0.25) is 5.91 Å². The lowest BCUT2D eigenvalue weighted by Gasteiger charge is -2.26. The molecule has 19 heavy (non-hydrogen) atoms. The van der Waals surface area contributed by atoms with Gasteiger partial charge in [0.15, 0.2) is 0 Å². The normalized spacial score (nSPS) is 14.9. The van der Waals surface area contributed by atoms with Crippen LogP contribution >= 0.6 is 12.4 Å². The number of carbonyl (C=O) groups excluding carboxylic acids is 1. The van der Waals surface area contributed by atoms with Crippen LogP contribution in [0.5, 0.6) is 0 Å². The van der Waals surface area contributed by atoms with Gasteiger partial charge in [-0.2, -0.15) is 0 Å². The molecule has 0 saturated carbocycles. The highest BCUT2D eigenvalue weighted by Crippen LogP contribution is 2.17. The highest BCUT2D eigenvalue weighted by molar-refractivity contribution is 5.87. The van der Waals surface area contributed by atoms with Gasteiger partial charge in [-0.1, -0.05) is 30.3 Å². The van der Waals surface area contributed by atoms with Crippen LogP contribution in [0.3, 0.4) is 0 Å². The topological polar surface area (TPSA) is 75.3 Å². The second-order valence-electron chi connectivity index (χ2n) is 4.81. The van der Waals surface area contributed by atoms with Crippen LogP contribution in [-0.4, -0.2) is 23.7 Å². The number of nitrogens with two attached hydrogens (primary N) is 1. The number of benzene rings is 1. The molecule has 0 fully saturated rings. The van der Waals surface area contributed by atoms with E-state index in [2.05, 4.69) is 5.32 Å². The molecule has 5 heteroatoms. The van der Waals surface area contributed by atoms with Gasteiger partial charge in [-0.25, -0.2) is 0 Å². The van der Waals surface area contributed by atoms with Crippen molar-refractivity contribution in [3.8, 4) is 0 Å². The third-order valence-corrected chi connectivity index (χ3v) is 3.02. The molecule has 0 aromatic heterocycles. The van der Waals surface area contributed by atoms with E-state index in [0.717, 1.165) is 12.0 Å². The molecule has 1 aromatic rings. The summed E-state index contributed by atoms with van der Waals surface area (Å²) in [6.45, 7) is 3.75. The molecule has 0 saturated heterocycles. The van der Waals surface area contributed by atoms with Gasteiger partial charge in [0.1, 0.15) is 5.54 Å². The van der Waals surface area contributed by atoms with Crippen molar-refractivity contribution in [2.45, 2.75) is 38.3 Å². The Kier molecular flexibility index (Phi) is 7.68. The first kappa shape index (κ1) is 17.9. The van der Waals surface area contributed by atoms with E-state index in [0.29, 0.717) is 6.42 Å². The molecule has 0 aliphatic rings. The molecule has 1 aromatic carbocycles. The zero-order valence-corrected chi connectivity index (χ0v) is 12.2. The van der Waals surface area contributed by atoms with E-state index in [1.54, 1.807) is 6.92 Å². The van der Waals surface area contributed by atoms with Gasteiger partial charge in [0, 0.05) is 12.6 Å². The summed E-state index contributed by atoms with van der Waals surface area (Å²) in [6.07, 6.45) is 1.42. The van der Waals surface area contributed by atoms with Gasteiger partial charge in [-0.3, -0.25) is 4.79 Å². The van der Waals surface area contributed by atoms with Crippen LogP contribution in [0.25, 0.3) is 0 Å². The van der Waals surface area contributed by atoms with Crippen molar-refractivity contribution < 1.29 is 9.90 Å². The van der Waals surface area contributed by atoms with Gasteiger partial charge in [-0.15, -0.1) is 12.4 Å². The first-order valence-corrected chi connectivity index (χ1v) is 6.24. The molecular weight excluding hydrogens is 264 g/mol. The number of aliphatic hydroxyl groups is 1. The predicted molar refractivity (Wildman–Crippen MR) is 79.2 cm³/mol. The van der Waals surface area contributed by atoms with E-state index in [-0.39, 0.29) is 31.0 Å². The van der Waals surface area contributed by atoms with Crippen molar-refractivity contribution in [3.63, 3.8) is 0 Å². The zero-order valence-electron chi connectivity index (χ0n) is 11.4. The van der Waals surface area contributed by atoms with Crippen LogP contribution < -0.4 is 11.1 Å². The fourth-order valence-electron chi connectivity index (χ4n) is 1.76. The number of halogens is 1. The maximum atomic E-state index is 12.1. The number of carbonyl (C=O) groups is 1. The number of rotatable bonds is 6. The molecule has 0 aliphatic heterocycles. The Hall–Kier alpha value is -1.10. The second kappa shape index (κ2) is 8.15. The molecule has 2 atom stereocenters. The molecule has 2 unspecified atom stereocenters. The molecule has 0 heterocycles. The van der Waals surface area contributed by atoms with Crippen molar-refractivity contribution in [1.82, 2.24) is 5.32 Å². The molecule has 0 bridgehead atoms. The summed E-state index contributed by atoms with van der Waals surface area (Å²) < 4.78 is 0. The maximum absolute atomic E-state index is 12.1. The Morgan fingerprint density at radius 1 is 1.42 bits per heavy atom. The largest absolute Gasteiger partial charge is 0.396 e. The van der Waals surface area contributed by atoms with E-state index in [1.807, 2.05) is 37.3 Å². The van der Waals surface area contributed by atoms with Gasteiger partial charge >= 0.3 is 0 Å². The molecule has 108 valence electrons. The molecule has 0 spiro atoms. The molecule has 4 nitrogen and oxygen atoms in total. The van der Waals surface area contributed by atoms with Crippen LogP contribution in [0.1, 0.15) is 32.3 Å². The minimum Gasteiger partial charge on any atom is -0.396 e. The zero-order chi connectivity index (χ0) is 13.6. The first-order valence-electron chi connectivity index (χ1n) is 6.24. The number of nitrogens with one attached hydrogen (secondary N) is 1. The van der Waals surface area contributed by atoms with Gasteiger partial charge < -0.3 is 16.2 Å². The smallest absolute Gasteiger partial charge is 0.244 e. The summed E-state index contributed by atoms with van der Waals surface area (Å²) in [6, 6.07) is 9.32. The van der Waals surface area contributed by atoms with Crippen LogP contribution in [0, 0.1) is 0 Å². The Bertz CT molecular complexity index is 382. The SMILES string of the molecule is CC(CCCO)NC(=O)C(C)(N)c1ccccc1.Cl. The second-order valence-corrected chi connectivity index (χ2v) is 4.81. The number of hydrogen-bond donors (Lipinski definition) is 3. The van der Waals surface area contributed by atoms with Crippen molar-refractivity contribution >= 4 is 18.3 Å². The van der Waals surface area contributed by atoms with Crippen LogP contribution in [0.4, 0.5) is 0 Å². The Labute approximate surface area is 120 Å². The van der Waals surface area contributed by atoms with Gasteiger partial charge in [0.05, 0.1) is 0 Å². The molecule has 1 rings (SSSR count). The minimum atomic E-state index is -1.03. The fraction of sp³-hybridized carbons (Fsp3) is 0.500. The van der Waals surface area contributed by atoms with Gasteiger partial charge in [0.25, 0.3) is 0 Å². The Morgan fingerprint density at radius 3 is 2.53 bits per heavy atom. The molecule has 0 aliphatic carbocycles. The number of aliphatic hydroxyl groups excluding tert-OH is 1. The maximum Gasteiger partial charge on any atom is 0.244 e. The standard InChI is InChI=1S/C14H22N2O2.ClH/c1-11(7-6-10-17)16-13(18)14(2,15)12-8-4-3-5-9-12;/h3-5,8-9,11,17H,6-7,10,15H2,1-2H3,(H,16,18);1H. The predicted octanol–water partition coefficient (Wildman–Crippen LogP) is 1.56. The third kappa shape index (κ3) is 5.19. The van der Waals surface area contributed by atoms with E-state index >= 15 is 0 Å². The lowest BCUT2D eigenvalue weighted by atomic mass is 9.92. The summed E-state index contributed by atoms with van der Waals surface area (Å²) >= 11 is 0. The van der Waals surface area contributed by atoms with Crippen molar-refractivity contribution in [2.24, 2.45) is 5.73 Å². The summed E-state index contributed by atoms with van der Waals surface area (Å²) in [4.78, 5) is 12.1. The van der Waals surface area contributed by atoms with E-state index in [9.17, 15) is 4.79 Å². The molecule has 1 amide bonds. The van der Waals surface area contributed by atoms with Crippen molar-refractivity contribution in [3.05, 3.63) is 35.9 Å². The van der Waals surface area contributed by atoms with Gasteiger partial charge in [-0.05, 0) is 32.3 Å². The summed E-state index contributed by atoms with van der Waals surface area (Å²) in [5.41, 5.74) is 5.85. The minimum absolute atomic E-state index is 0. The average molecular weight is 287 g/mol. The van der Waals surface area contributed by atoms with E-state index < -0.39 is 5.54 Å². The highest BCUT2D eigenvalue weighted by Gasteiger charge is 2.30. The van der Waals surface area contributed by atoms with E-state index in [4.69, 9.17) is 10.8 Å². The van der Waals surface area contributed by atoms with Crippen LogP contribution in [-0.2, 0) is 10.3 Å². The summed E-state index contributed by atoms with van der Waals surface area (Å²) in [5, 5.41) is 11.6. The number of hydrogen-bond acceptors (Lipinski definition) is 3. The molecule has 4 N–H and O–H groups in total. The van der Waals surface area contributed by atoms with Crippen LogP contribution in [0.15, 0.2) is 30.3 Å². The summed E-state index contributed by atoms with van der Waals surface area (Å²) in [5.74, 6) is -0.195. The van der Waals surface area contributed by atoms with Crippen molar-refractivity contribution in [1.29, 1.82) is 0 Å². The van der Waals surface area contributed by atoms with Crippen LogP contribution in [0.2, 0.25) is 0 Å². The number of amides is 1. The average Bonchev–Trinajstić information content (AvgIpc) is 2.37. The fourth-order valence-corrected chi connectivity index (χ4v) is 1.76. The van der Waals surface area contributed by atoms with E-state index in [1.165, 1.54) is 0 Å². The third-order valence-electron chi connectivity index (χ3n) is 3.02. The Balaban J connectivity index is 0.00000324. The Morgan fingerprint density at radius 2 is 2.00 bits per heavy atom. The van der Waals surface area contributed by atoms with Crippen molar-refractivity contribution in [2.75, 3.05) is 6.61 Å². The monoisotopic (exact) mass is 286 g/mol. The molecular formula is C14H23ClN2O2.